The first kappa shape index (κ1) is 21.1. The van der Waals surface area contributed by atoms with E-state index in [1.165, 1.54) is 0 Å². The molecule has 1 heterocycles. The number of aliphatic hydroxyl groups is 2. The first-order valence-corrected chi connectivity index (χ1v) is 9.99. The minimum Gasteiger partial charge on any atom is -0.390 e. The summed E-state index contributed by atoms with van der Waals surface area (Å²) in [6.07, 6.45) is -0.308. The SMILES string of the molecule is O=C(Cc1ccc(Cl)cc1)N1CC[C@@H](O)[C@](O)(CNCc2ccc(Cl)cc2)C1. The fraction of sp³-hybridized carbons (Fsp3) is 0.381. The van der Waals surface area contributed by atoms with Crippen LogP contribution in [0.25, 0.3) is 0 Å². The van der Waals surface area contributed by atoms with Crippen molar-refractivity contribution in [1.29, 1.82) is 0 Å². The predicted molar refractivity (Wildman–Crippen MR) is 110 cm³/mol. The zero-order chi connectivity index (χ0) is 20.1. The fourth-order valence-electron chi connectivity index (χ4n) is 3.36. The number of nitrogens with one attached hydrogen (secondary N) is 1. The lowest BCUT2D eigenvalue weighted by Gasteiger charge is -2.43. The average molecular weight is 423 g/mol. The lowest BCUT2D eigenvalue weighted by Crippen LogP contribution is -2.62. The van der Waals surface area contributed by atoms with Gasteiger partial charge >= 0.3 is 0 Å². The Morgan fingerprint density at radius 3 is 2.25 bits per heavy atom. The molecule has 0 unspecified atom stereocenters. The third-order valence-corrected chi connectivity index (χ3v) is 5.56. The molecule has 1 fully saturated rings. The quantitative estimate of drug-likeness (QED) is 0.668. The summed E-state index contributed by atoms with van der Waals surface area (Å²) in [6.45, 7) is 1.23. The summed E-state index contributed by atoms with van der Waals surface area (Å²) in [7, 11) is 0. The molecule has 0 aromatic heterocycles. The van der Waals surface area contributed by atoms with Crippen LogP contribution in [0.3, 0.4) is 0 Å². The Kier molecular flexibility index (Phi) is 6.96. The smallest absolute Gasteiger partial charge is 0.227 e. The maximum absolute atomic E-state index is 12.6. The Bertz CT molecular complexity index is 798. The topological polar surface area (TPSA) is 72.8 Å². The number of benzene rings is 2. The zero-order valence-electron chi connectivity index (χ0n) is 15.4. The van der Waals surface area contributed by atoms with Crippen molar-refractivity contribution in [2.45, 2.75) is 31.1 Å². The molecule has 3 rings (SSSR count). The van der Waals surface area contributed by atoms with Crippen LogP contribution in [0.5, 0.6) is 0 Å². The number of carbonyl (C=O) groups excluding carboxylic acids is 1. The van der Waals surface area contributed by atoms with Crippen LogP contribution in [-0.4, -0.2) is 52.4 Å². The van der Waals surface area contributed by atoms with Crippen LogP contribution in [0.15, 0.2) is 48.5 Å². The molecule has 150 valence electrons. The number of piperidine rings is 1. The predicted octanol–water partition coefficient (Wildman–Crippen LogP) is 2.65. The number of rotatable bonds is 6. The molecule has 1 saturated heterocycles. The van der Waals surface area contributed by atoms with Gasteiger partial charge in [0.15, 0.2) is 0 Å². The lowest BCUT2D eigenvalue weighted by atomic mass is 9.89. The molecule has 3 N–H and O–H groups in total. The molecular weight excluding hydrogens is 399 g/mol. The molecule has 5 nitrogen and oxygen atoms in total. The van der Waals surface area contributed by atoms with Gasteiger partial charge in [-0.05, 0) is 41.8 Å². The molecule has 0 spiro atoms. The molecule has 2 aromatic rings. The highest BCUT2D eigenvalue weighted by molar-refractivity contribution is 6.30. The number of amides is 1. The number of β-amino-alcohol motifs (C(OH)–C–C–N with tert-alkyl or cyclic N) is 1. The van der Waals surface area contributed by atoms with Crippen molar-refractivity contribution >= 4 is 29.1 Å². The van der Waals surface area contributed by atoms with E-state index in [-0.39, 0.29) is 25.4 Å². The number of hydrogen-bond donors (Lipinski definition) is 3. The molecule has 0 aliphatic carbocycles. The first-order valence-electron chi connectivity index (χ1n) is 9.23. The second-order valence-corrected chi connectivity index (χ2v) is 8.13. The Balaban J connectivity index is 1.56. The summed E-state index contributed by atoms with van der Waals surface area (Å²) in [5.41, 5.74) is 0.499. The lowest BCUT2D eigenvalue weighted by molar-refractivity contribution is -0.150. The van der Waals surface area contributed by atoms with Crippen LogP contribution in [0.1, 0.15) is 17.5 Å². The maximum atomic E-state index is 12.6. The molecule has 1 amide bonds. The molecule has 28 heavy (non-hydrogen) atoms. The number of likely N-dealkylation sites (tertiary alicyclic amines) is 1. The minimum atomic E-state index is -1.39. The van der Waals surface area contributed by atoms with Gasteiger partial charge in [0.2, 0.25) is 5.91 Å². The molecule has 0 bridgehead atoms. The van der Waals surface area contributed by atoms with E-state index < -0.39 is 11.7 Å². The van der Waals surface area contributed by atoms with E-state index in [4.69, 9.17) is 23.2 Å². The van der Waals surface area contributed by atoms with Gasteiger partial charge in [-0.25, -0.2) is 0 Å². The van der Waals surface area contributed by atoms with Crippen LogP contribution in [0, 0.1) is 0 Å². The third-order valence-electron chi connectivity index (χ3n) is 5.05. The largest absolute Gasteiger partial charge is 0.390 e. The molecular formula is C21H24Cl2N2O3. The van der Waals surface area contributed by atoms with Crippen LogP contribution < -0.4 is 5.32 Å². The highest BCUT2D eigenvalue weighted by Crippen LogP contribution is 2.23. The van der Waals surface area contributed by atoms with Crippen LogP contribution in [-0.2, 0) is 17.8 Å². The molecule has 2 atom stereocenters. The third kappa shape index (κ3) is 5.46. The molecule has 2 aromatic carbocycles. The molecule has 1 aliphatic heterocycles. The first-order chi connectivity index (χ1) is 13.4. The Morgan fingerprint density at radius 1 is 1.07 bits per heavy atom. The second-order valence-electron chi connectivity index (χ2n) is 7.26. The van der Waals surface area contributed by atoms with Crippen LogP contribution in [0.4, 0.5) is 0 Å². The molecule has 1 aliphatic rings. The van der Waals surface area contributed by atoms with Crippen molar-refractivity contribution in [3.63, 3.8) is 0 Å². The van der Waals surface area contributed by atoms with E-state index in [1.54, 1.807) is 29.2 Å². The van der Waals surface area contributed by atoms with E-state index in [0.29, 0.717) is 29.6 Å². The van der Waals surface area contributed by atoms with Gasteiger partial charge in [-0.3, -0.25) is 4.79 Å². The number of halogens is 2. The number of hydrogen-bond acceptors (Lipinski definition) is 4. The number of carbonyl (C=O) groups is 1. The average Bonchev–Trinajstić information content (AvgIpc) is 2.67. The van der Waals surface area contributed by atoms with Crippen molar-refractivity contribution < 1.29 is 15.0 Å². The van der Waals surface area contributed by atoms with Gasteiger partial charge in [0, 0.05) is 29.7 Å². The van der Waals surface area contributed by atoms with Gasteiger partial charge in [-0.15, -0.1) is 0 Å². The van der Waals surface area contributed by atoms with Crippen molar-refractivity contribution in [2.24, 2.45) is 0 Å². The Morgan fingerprint density at radius 2 is 1.64 bits per heavy atom. The minimum absolute atomic E-state index is 0.0784. The monoisotopic (exact) mass is 422 g/mol. The van der Waals surface area contributed by atoms with Gasteiger partial charge in [0.25, 0.3) is 0 Å². The van der Waals surface area contributed by atoms with Gasteiger partial charge in [-0.2, -0.15) is 0 Å². The summed E-state index contributed by atoms with van der Waals surface area (Å²) in [6, 6.07) is 14.6. The maximum Gasteiger partial charge on any atom is 0.227 e. The van der Waals surface area contributed by atoms with Gasteiger partial charge < -0.3 is 20.4 Å². The van der Waals surface area contributed by atoms with Crippen molar-refractivity contribution in [1.82, 2.24) is 10.2 Å². The molecule has 0 saturated carbocycles. The van der Waals surface area contributed by atoms with E-state index in [9.17, 15) is 15.0 Å². The van der Waals surface area contributed by atoms with Crippen LogP contribution >= 0.6 is 23.2 Å². The zero-order valence-corrected chi connectivity index (χ0v) is 17.0. The van der Waals surface area contributed by atoms with E-state index in [1.807, 2.05) is 24.3 Å². The number of aliphatic hydroxyl groups excluding tert-OH is 1. The summed E-state index contributed by atoms with van der Waals surface area (Å²) in [5, 5.41) is 25.7. The van der Waals surface area contributed by atoms with Crippen molar-refractivity contribution in [3.05, 3.63) is 69.7 Å². The van der Waals surface area contributed by atoms with Crippen molar-refractivity contribution in [3.8, 4) is 0 Å². The Hall–Kier alpha value is -1.63. The normalized spacial score (nSPS) is 22.3. The standard InChI is InChI=1S/C21H24Cl2N2O3/c22-17-5-1-15(2-6-17)11-20(27)25-10-9-19(26)21(28,14-25)13-24-12-16-3-7-18(23)8-4-16/h1-8,19,24,26,28H,9-14H2/t19-,21+/m1/s1. The molecule has 0 radical (unpaired) electrons. The summed E-state index contributed by atoms with van der Waals surface area (Å²) < 4.78 is 0. The summed E-state index contributed by atoms with van der Waals surface area (Å²) >= 11 is 11.8. The number of nitrogens with zero attached hydrogens (tertiary/aromatic N) is 1. The van der Waals surface area contributed by atoms with Crippen LogP contribution in [0.2, 0.25) is 10.0 Å². The second kappa shape index (κ2) is 9.25. The summed E-state index contributed by atoms with van der Waals surface area (Å²) in [4.78, 5) is 14.3. The van der Waals surface area contributed by atoms with Gasteiger partial charge in [0.1, 0.15) is 5.60 Å². The van der Waals surface area contributed by atoms with E-state index >= 15 is 0 Å². The fourth-order valence-corrected chi connectivity index (χ4v) is 3.61. The molecule has 7 heteroatoms. The van der Waals surface area contributed by atoms with E-state index in [0.717, 1.165) is 11.1 Å². The van der Waals surface area contributed by atoms with Crippen molar-refractivity contribution in [2.75, 3.05) is 19.6 Å². The van der Waals surface area contributed by atoms with Gasteiger partial charge in [-0.1, -0.05) is 47.5 Å². The highest BCUT2D eigenvalue weighted by atomic mass is 35.5. The summed E-state index contributed by atoms with van der Waals surface area (Å²) in [5.74, 6) is -0.0784. The Labute approximate surface area is 174 Å². The highest BCUT2D eigenvalue weighted by Gasteiger charge is 2.42. The van der Waals surface area contributed by atoms with E-state index in [2.05, 4.69) is 5.32 Å². The van der Waals surface area contributed by atoms with Gasteiger partial charge in [0.05, 0.1) is 19.1 Å².